The summed E-state index contributed by atoms with van der Waals surface area (Å²) in [6.07, 6.45) is 2.48. The van der Waals surface area contributed by atoms with Crippen LogP contribution in [0, 0.1) is 0 Å². The molecule has 7 nitrogen and oxygen atoms in total. The van der Waals surface area contributed by atoms with Crippen molar-refractivity contribution in [2.75, 3.05) is 13.6 Å². The number of nitrogens with zero attached hydrogens (tertiary/aromatic N) is 2. The molecular formula is C34H34Cl2N4O3. The molecule has 222 valence electrons. The molecule has 3 N–H and O–H groups in total. The number of fused-ring (bicyclic) bond motifs is 2. The second-order valence-corrected chi connectivity index (χ2v) is 11.5. The van der Waals surface area contributed by atoms with E-state index in [0.717, 1.165) is 38.4 Å². The maximum absolute atomic E-state index is 14.1. The normalized spacial score (nSPS) is 13.0. The molecule has 0 spiro atoms. The zero-order valence-electron chi connectivity index (χ0n) is 24.1. The van der Waals surface area contributed by atoms with Crippen molar-refractivity contribution in [1.29, 1.82) is 0 Å². The van der Waals surface area contributed by atoms with Crippen molar-refractivity contribution in [3.05, 3.63) is 118 Å². The van der Waals surface area contributed by atoms with Gasteiger partial charge in [-0.15, -0.1) is 0 Å². The predicted molar refractivity (Wildman–Crippen MR) is 173 cm³/mol. The lowest BCUT2D eigenvalue weighted by Gasteiger charge is -2.35. The largest absolute Gasteiger partial charge is 0.480 e. The number of carboxylic acid groups (broad SMARTS) is 1. The molecule has 0 saturated heterocycles. The van der Waals surface area contributed by atoms with E-state index < -0.39 is 18.1 Å². The van der Waals surface area contributed by atoms with Crippen LogP contribution in [0.1, 0.15) is 23.6 Å². The lowest BCUT2D eigenvalue weighted by atomic mass is 10.00. The highest BCUT2D eigenvalue weighted by Crippen LogP contribution is 2.24. The Hall–Kier alpha value is -3.88. The summed E-state index contributed by atoms with van der Waals surface area (Å²) < 4.78 is 0. The van der Waals surface area contributed by atoms with E-state index in [9.17, 15) is 14.7 Å². The summed E-state index contributed by atoms with van der Waals surface area (Å²) in [6.45, 7) is 2.64. The van der Waals surface area contributed by atoms with Gasteiger partial charge >= 0.3 is 5.97 Å². The number of halogens is 2. The second-order valence-electron chi connectivity index (χ2n) is 10.7. The first-order valence-corrected chi connectivity index (χ1v) is 15.0. The number of rotatable bonds is 12. The van der Waals surface area contributed by atoms with Crippen LogP contribution in [0.25, 0.3) is 21.7 Å². The summed E-state index contributed by atoms with van der Waals surface area (Å²) in [5, 5.41) is 16.0. The average Bonchev–Trinajstić information content (AvgIpc) is 3.42. The minimum Gasteiger partial charge on any atom is -0.480 e. The van der Waals surface area contributed by atoms with Crippen molar-refractivity contribution in [2.24, 2.45) is 0 Å². The lowest BCUT2D eigenvalue weighted by Crippen LogP contribution is -2.58. The number of likely N-dealkylation sites (N-methyl/N-ethyl adjacent to an activating group) is 2. The first kappa shape index (κ1) is 30.6. The van der Waals surface area contributed by atoms with Crippen molar-refractivity contribution in [3.8, 4) is 0 Å². The Balaban J connectivity index is 1.43. The Morgan fingerprint density at radius 1 is 0.884 bits per heavy atom. The van der Waals surface area contributed by atoms with Crippen molar-refractivity contribution >= 4 is 56.8 Å². The number of carbonyl (C=O) groups excluding carboxylic acids is 1. The number of nitrogens with one attached hydrogen (secondary N) is 2. The third kappa shape index (κ3) is 7.20. The van der Waals surface area contributed by atoms with Gasteiger partial charge in [0.1, 0.15) is 12.1 Å². The van der Waals surface area contributed by atoms with E-state index in [2.05, 4.69) is 22.5 Å². The van der Waals surface area contributed by atoms with E-state index in [-0.39, 0.29) is 12.3 Å². The van der Waals surface area contributed by atoms with E-state index in [0.29, 0.717) is 29.6 Å². The van der Waals surface area contributed by atoms with Gasteiger partial charge in [-0.25, -0.2) is 10.4 Å². The highest BCUT2D eigenvalue weighted by atomic mass is 35.5. The van der Waals surface area contributed by atoms with Gasteiger partial charge in [0.15, 0.2) is 0 Å². The molecule has 9 heteroatoms. The van der Waals surface area contributed by atoms with Crippen LogP contribution < -0.4 is 5.43 Å². The predicted octanol–water partition coefficient (Wildman–Crippen LogP) is 6.72. The van der Waals surface area contributed by atoms with E-state index in [1.54, 1.807) is 29.1 Å². The van der Waals surface area contributed by atoms with Gasteiger partial charge in [0.2, 0.25) is 5.91 Å². The molecule has 0 bridgehead atoms. The number of carboxylic acids is 1. The van der Waals surface area contributed by atoms with Crippen molar-refractivity contribution in [3.63, 3.8) is 0 Å². The molecule has 0 aliphatic rings. The molecule has 1 aromatic heterocycles. The summed E-state index contributed by atoms with van der Waals surface area (Å²) in [5.41, 5.74) is 6.87. The van der Waals surface area contributed by atoms with Gasteiger partial charge < -0.3 is 15.0 Å². The Bertz CT molecular complexity index is 1750. The standard InChI is InChI=1S/C34H34Cl2N4O3/c1-3-40(38-31(34(42)43)19-26-20-37-30-11-7-6-10-27(26)30)32(18-22-12-14-24-8-4-5-9-25(24)16-22)33(41)39(2)21-23-13-15-28(35)29(36)17-23/h4-17,20,31-32,37-38H,3,18-19,21H2,1-2H3,(H,42,43)/t31-,32-/m0/s1. The van der Waals surface area contributed by atoms with Gasteiger partial charge in [-0.05, 0) is 52.1 Å². The van der Waals surface area contributed by atoms with Crippen molar-refractivity contribution in [1.82, 2.24) is 20.3 Å². The summed E-state index contributed by atoms with van der Waals surface area (Å²) >= 11 is 12.3. The smallest absolute Gasteiger partial charge is 0.322 e. The molecule has 1 amide bonds. The number of para-hydroxylation sites is 1. The summed E-state index contributed by atoms with van der Waals surface area (Å²) in [6, 6.07) is 25.7. The molecule has 5 aromatic rings. The maximum atomic E-state index is 14.1. The molecule has 2 atom stereocenters. The number of aromatic nitrogens is 1. The Labute approximate surface area is 261 Å². The lowest BCUT2D eigenvalue weighted by molar-refractivity contribution is -0.145. The van der Waals surface area contributed by atoms with Crippen LogP contribution in [-0.2, 0) is 29.0 Å². The highest BCUT2D eigenvalue weighted by Gasteiger charge is 2.32. The molecule has 0 fully saturated rings. The summed E-state index contributed by atoms with van der Waals surface area (Å²) in [4.78, 5) is 31.5. The zero-order chi connectivity index (χ0) is 30.5. The number of aromatic amines is 1. The topological polar surface area (TPSA) is 88.7 Å². The number of carbonyl (C=O) groups is 2. The fourth-order valence-corrected chi connectivity index (χ4v) is 5.80. The Kier molecular flexibility index (Phi) is 9.68. The number of amides is 1. The fraction of sp³-hybridized carbons (Fsp3) is 0.235. The molecular weight excluding hydrogens is 583 g/mol. The van der Waals surface area contributed by atoms with Crippen LogP contribution in [0.15, 0.2) is 91.1 Å². The quantitative estimate of drug-likeness (QED) is 0.135. The second kappa shape index (κ2) is 13.6. The number of benzene rings is 4. The van der Waals surface area contributed by atoms with Gasteiger partial charge in [0, 0.05) is 43.7 Å². The van der Waals surface area contributed by atoms with Crippen LogP contribution in [0.5, 0.6) is 0 Å². The molecule has 4 aromatic carbocycles. The highest BCUT2D eigenvalue weighted by molar-refractivity contribution is 6.42. The third-order valence-electron chi connectivity index (χ3n) is 7.74. The Morgan fingerprint density at radius 2 is 1.60 bits per heavy atom. The van der Waals surface area contributed by atoms with E-state index in [1.807, 2.05) is 73.8 Å². The van der Waals surface area contributed by atoms with Crippen LogP contribution in [-0.4, -0.2) is 57.6 Å². The first-order chi connectivity index (χ1) is 20.7. The first-order valence-electron chi connectivity index (χ1n) is 14.2. The molecule has 43 heavy (non-hydrogen) atoms. The summed E-state index contributed by atoms with van der Waals surface area (Å²) in [7, 11) is 1.74. The van der Waals surface area contributed by atoms with Gasteiger partial charge in [-0.2, -0.15) is 0 Å². The van der Waals surface area contributed by atoms with Crippen LogP contribution >= 0.6 is 23.2 Å². The van der Waals surface area contributed by atoms with Crippen molar-refractivity contribution < 1.29 is 14.7 Å². The fourth-order valence-electron chi connectivity index (χ4n) is 5.47. The monoisotopic (exact) mass is 616 g/mol. The molecule has 1 heterocycles. The average molecular weight is 618 g/mol. The Morgan fingerprint density at radius 3 is 2.35 bits per heavy atom. The number of hydrazine groups is 1. The molecule has 0 radical (unpaired) electrons. The van der Waals surface area contributed by atoms with Crippen LogP contribution in [0.2, 0.25) is 10.0 Å². The molecule has 0 unspecified atom stereocenters. The maximum Gasteiger partial charge on any atom is 0.322 e. The van der Waals surface area contributed by atoms with E-state index in [1.165, 1.54) is 0 Å². The molecule has 0 saturated carbocycles. The van der Waals surface area contributed by atoms with Crippen LogP contribution in [0.3, 0.4) is 0 Å². The molecule has 0 aliphatic heterocycles. The zero-order valence-corrected chi connectivity index (χ0v) is 25.6. The number of hydrogen-bond donors (Lipinski definition) is 3. The van der Waals surface area contributed by atoms with Gasteiger partial charge in [0.25, 0.3) is 0 Å². The molecule has 0 aliphatic carbocycles. The number of hydrogen-bond acceptors (Lipinski definition) is 4. The number of H-pyrrole nitrogens is 1. The summed E-state index contributed by atoms with van der Waals surface area (Å²) in [5.74, 6) is -1.14. The molecule has 5 rings (SSSR count). The minimum absolute atomic E-state index is 0.148. The number of aliphatic carboxylic acids is 1. The van der Waals surface area contributed by atoms with Gasteiger partial charge in [-0.1, -0.05) is 96.9 Å². The third-order valence-corrected chi connectivity index (χ3v) is 8.48. The minimum atomic E-state index is -0.996. The van der Waals surface area contributed by atoms with E-state index in [4.69, 9.17) is 23.2 Å². The van der Waals surface area contributed by atoms with Crippen molar-refractivity contribution in [2.45, 2.75) is 38.4 Å². The van der Waals surface area contributed by atoms with Gasteiger partial charge in [0.05, 0.1) is 10.0 Å². The van der Waals surface area contributed by atoms with E-state index >= 15 is 0 Å². The van der Waals surface area contributed by atoms with Crippen LogP contribution in [0.4, 0.5) is 0 Å². The SMILES string of the molecule is CCN(N[C@@H](Cc1c[nH]c2ccccc12)C(=O)O)[C@@H](Cc1ccc2ccccc2c1)C(=O)N(C)Cc1ccc(Cl)c(Cl)c1. The van der Waals surface area contributed by atoms with Gasteiger partial charge in [-0.3, -0.25) is 9.59 Å².